The quantitative estimate of drug-likeness (QED) is 0.442. The van der Waals surface area contributed by atoms with Crippen LogP contribution in [-0.4, -0.2) is 12.6 Å². The molecule has 1 rings (SSSR count). The summed E-state index contributed by atoms with van der Waals surface area (Å²) >= 11 is 0. The molecule has 1 saturated carbocycles. The van der Waals surface area contributed by atoms with Gasteiger partial charge in [-0.2, -0.15) is 0 Å². The fourth-order valence-electron chi connectivity index (χ4n) is 1.44. The Morgan fingerprint density at radius 1 is 1.21 bits per heavy atom. The maximum absolute atomic E-state index is 11.2. The van der Waals surface area contributed by atoms with Crippen LogP contribution in [0, 0.1) is 5.92 Å². The van der Waals surface area contributed by atoms with E-state index in [-0.39, 0.29) is 5.97 Å². The Kier molecular flexibility index (Phi) is 5.65. The smallest absolute Gasteiger partial charge is 0.305 e. The van der Waals surface area contributed by atoms with Crippen LogP contribution >= 0.6 is 0 Å². The fraction of sp³-hybridized carbons (Fsp3) is 0.917. The molecule has 0 bridgehead atoms. The Labute approximate surface area is 87.0 Å². The van der Waals surface area contributed by atoms with Crippen molar-refractivity contribution in [2.75, 3.05) is 6.61 Å². The molecule has 0 aromatic rings. The van der Waals surface area contributed by atoms with Gasteiger partial charge in [0.25, 0.3) is 0 Å². The Bertz CT molecular complexity index is 162. The van der Waals surface area contributed by atoms with Crippen molar-refractivity contribution in [2.24, 2.45) is 5.92 Å². The van der Waals surface area contributed by atoms with E-state index < -0.39 is 0 Å². The molecule has 0 saturated heterocycles. The number of esters is 1. The minimum absolute atomic E-state index is 0.00778. The first-order valence-corrected chi connectivity index (χ1v) is 5.98. The van der Waals surface area contributed by atoms with Crippen LogP contribution in [0.1, 0.15) is 58.3 Å². The van der Waals surface area contributed by atoms with Crippen LogP contribution < -0.4 is 0 Å². The topological polar surface area (TPSA) is 26.3 Å². The van der Waals surface area contributed by atoms with E-state index in [0.29, 0.717) is 18.9 Å². The van der Waals surface area contributed by atoms with Gasteiger partial charge < -0.3 is 4.74 Å². The lowest BCUT2D eigenvalue weighted by Gasteiger charge is -2.03. The second-order valence-electron chi connectivity index (χ2n) is 4.29. The minimum Gasteiger partial charge on any atom is -0.465 e. The average Bonchev–Trinajstić information content (AvgIpc) is 2.98. The van der Waals surface area contributed by atoms with Crippen molar-refractivity contribution in [2.45, 2.75) is 58.3 Å². The van der Waals surface area contributed by atoms with Crippen LogP contribution in [0.3, 0.4) is 0 Å². The molecule has 0 N–H and O–H groups in total. The third-order valence-corrected chi connectivity index (χ3v) is 2.66. The summed E-state index contributed by atoms with van der Waals surface area (Å²) in [6, 6.07) is 0. The number of unbranched alkanes of at least 4 members (excludes halogenated alkanes) is 4. The van der Waals surface area contributed by atoms with E-state index in [0.717, 1.165) is 6.42 Å². The normalized spacial score (nSPS) is 15.5. The van der Waals surface area contributed by atoms with Crippen molar-refractivity contribution in [3.63, 3.8) is 0 Å². The minimum atomic E-state index is 0.00778. The van der Waals surface area contributed by atoms with Gasteiger partial charge in [-0.1, -0.05) is 32.6 Å². The largest absolute Gasteiger partial charge is 0.465 e. The second-order valence-corrected chi connectivity index (χ2v) is 4.29. The van der Waals surface area contributed by atoms with Crippen LogP contribution in [0.4, 0.5) is 0 Å². The van der Waals surface area contributed by atoms with Gasteiger partial charge in [0.15, 0.2) is 0 Å². The summed E-state index contributed by atoms with van der Waals surface area (Å²) in [5, 5.41) is 0. The van der Waals surface area contributed by atoms with Gasteiger partial charge in [-0.25, -0.2) is 0 Å². The molecule has 0 aromatic carbocycles. The fourth-order valence-corrected chi connectivity index (χ4v) is 1.44. The van der Waals surface area contributed by atoms with E-state index in [1.165, 1.54) is 38.5 Å². The molecule has 1 aliphatic carbocycles. The highest BCUT2D eigenvalue weighted by Crippen LogP contribution is 2.28. The summed E-state index contributed by atoms with van der Waals surface area (Å²) < 4.78 is 5.13. The first-order chi connectivity index (χ1) is 6.83. The van der Waals surface area contributed by atoms with E-state index in [2.05, 4.69) is 6.92 Å². The molecule has 1 aliphatic rings. The third-order valence-electron chi connectivity index (χ3n) is 2.66. The zero-order chi connectivity index (χ0) is 10.2. The van der Waals surface area contributed by atoms with Crippen molar-refractivity contribution in [1.29, 1.82) is 0 Å². The Balaban J connectivity index is 1.81. The molecule has 0 radical (unpaired) electrons. The van der Waals surface area contributed by atoms with Crippen molar-refractivity contribution in [3.05, 3.63) is 0 Å². The summed E-state index contributed by atoms with van der Waals surface area (Å²) in [4.78, 5) is 11.2. The highest BCUT2D eigenvalue weighted by Gasteiger charge is 2.22. The second kappa shape index (κ2) is 6.86. The molecule has 2 nitrogen and oxygen atoms in total. The summed E-state index contributed by atoms with van der Waals surface area (Å²) in [7, 11) is 0. The van der Waals surface area contributed by atoms with Crippen molar-refractivity contribution in [3.8, 4) is 0 Å². The van der Waals surface area contributed by atoms with E-state index in [1.807, 2.05) is 0 Å². The predicted octanol–water partition coefficient (Wildman–Crippen LogP) is 3.30. The number of ether oxygens (including phenoxy) is 1. The number of hydrogen-bond donors (Lipinski definition) is 0. The molecule has 0 spiro atoms. The summed E-state index contributed by atoms with van der Waals surface area (Å²) in [5.74, 6) is 0.701. The molecule has 0 atom stereocenters. The highest BCUT2D eigenvalue weighted by atomic mass is 16.5. The van der Waals surface area contributed by atoms with Gasteiger partial charge in [0.1, 0.15) is 0 Å². The lowest BCUT2D eigenvalue weighted by atomic mass is 10.1. The summed E-state index contributed by atoms with van der Waals surface area (Å²) in [5.41, 5.74) is 0. The monoisotopic (exact) mass is 198 g/mol. The molecule has 2 heteroatoms. The van der Waals surface area contributed by atoms with Crippen molar-refractivity contribution < 1.29 is 9.53 Å². The van der Waals surface area contributed by atoms with E-state index >= 15 is 0 Å². The van der Waals surface area contributed by atoms with Gasteiger partial charge in [0.05, 0.1) is 6.61 Å². The molecule has 0 amide bonds. The zero-order valence-electron chi connectivity index (χ0n) is 9.26. The van der Waals surface area contributed by atoms with Gasteiger partial charge in [-0.05, 0) is 25.2 Å². The molecular weight excluding hydrogens is 176 g/mol. The lowest BCUT2D eigenvalue weighted by Crippen LogP contribution is -2.06. The molecule has 0 aromatic heterocycles. The molecule has 82 valence electrons. The Morgan fingerprint density at radius 2 is 1.93 bits per heavy atom. The van der Waals surface area contributed by atoms with Crippen molar-refractivity contribution >= 4 is 5.97 Å². The van der Waals surface area contributed by atoms with Crippen LogP contribution in [0.15, 0.2) is 0 Å². The molecule has 0 unspecified atom stereocenters. The number of carbonyl (C=O) groups excluding carboxylic acids is 1. The average molecular weight is 198 g/mol. The molecule has 1 fully saturated rings. The van der Waals surface area contributed by atoms with E-state index in [4.69, 9.17) is 4.74 Å². The lowest BCUT2D eigenvalue weighted by molar-refractivity contribution is -0.144. The van der Waals surface area contributed by atoms with Crippen molar-refractivity contribution in [1.82, 2.24) is 0 Å². The van der Waals surface area contributed by atoms with Crippen LogP contribution in [0.2, 0.25) is 0 Å². The van der Waals surface area contributed by atoms with Crippen LogP contribution in [0.25, 0.3) is 0 Å². The SMILES string of the molecule is CCCCCCCC(=O)OCC1CC1. The number of carbonyl (C=O) groups is 1. The first kappa shape index (κ1) is 11.5. The molecular formula is C12H22O2. The van der Waals surface area contributed by atoms with Crippen LogP contribution in [0.5, 0.6) is 0 Å². The Hall–Kier alpha value is -0.530. The van der Waals surface area contributed by atoms with Gasteiger partial charge in [0, 0.05) is 6.42 Å². The van der Waals surface area contributed by atoms with Crippen LogP contribution in [-0.2, 0) is 9.53 Å². The predicted molar refractivity (Wildman–Crippen MR) is 57.1 cm³/mol. The molecule has 0 aliphatic heterocycles. The maximum atomic E-state index is 11.2. The third kappa shape index (κ3) is 6.01. The van der Waals surface area contributed by atoms with E-state index in [9.17, 15) is 4.79 Å². The zero-order valence-corrected chi connectivity index (χ0v) is 9.26. The summed E-state index contributed by atoms with van der Waals surface area (Å²) in [6.07, 6.45) is 9.11. The van der Waals surface area contributed by atoms with Gasteiger partial charge in [-0.15, -0.1) is 0 Å². The standard InChI is InChI=1S/C12H22O2/c1-2-3-4-5-6-7-12(13)14-10-11-8-9-11/h11H,2-10H2,1H3. The summed E-state index contributed by atoms with van der Waals surface area (Å²) in [6.45, 7) is 2.87. The number of rotatable bonds is 8. The Morgan fingerprint density at radius 3 is 2.57 bits per heavy atom. The van der Waals surface area contributed by atoms with Gasteiger partial charge in [0.2, 0.25) is 0 Å². The van der Waals surface area contributed by atoms with Gasteiger partial charge in [-0.3, -0.25) is 4.79 Å². The van der Waals surface area contributed by atoms with E-state index in [1.54, 1.807) is 0 Å². The first-order valence-electron chi connectivity index (χ1n) is 5.98. The maximum Gasteiger partial charge on any atom is 0.305 e. The highest BCUT2D eigenvalue weighted by molar-refractivity contribution is 5.69. The molecule has 14 heavy (non-hydrogen) atoms. The van der Waals surface area contributed by atoms with Gasteiger partial charge >= 0.3 is 5.97 Å². The molecule has 0 heterocycles. The number of hydrogen-bond acceptors (Lipinski definition) is 2.